The molecule has 4 aliphatic rings. The predicted molar refractivity (Wildman–Crippen MR) is 106 cm³/mol. The van der Waals surface area contributed by atoms with E-state index in [1.54, 1.807) is 0 Å². The number of halogens is 1. The predicted octanol–water partition coefficient (Wildman–Crippen LogP) is 4.24. The van der Waals surface area contributed by atoms with Crippen molar-refractivity contribution >= 4 is 23.4 Å². The monoisotopic (exact) mass is 388 g/mol. The van der Waals surface area contributed by atoms with Crippen LogP contribution in [0.1, 0.15) is 63.5 Å². The Morgan fingerprint density at radius 1 is 1.04 bits per heavy atom. The number of carbonyl (C=O) groups is 2. The van der Waals surface area contributed by atoms with Gasteiger partial charge >= 0.3 is 0 Å². The lowest BCUT2D eigenvalue weighted by Gasteiger charge is -2.56. The van der Waals surface area contributed by atoms with E-state index in [0.29, 0.717) is 11.4 Å². The molecule has 0 aliphatic heterocycles. The van der Waals surface area contributed by atoms with Gasteiger partial charge in [0.25, 0.3) is 0 Å². The van der Waals surface area contributed by atoms with Gasteiger partial charge in [0.1, 0.15) is 0 Å². The Morgan fingerprint density at radius 3 is 2.15 bits per heavy atom. The molecule has 4 nitrogen and oxygen atoms in total. The molecule has 27 heavy (non-hydrogen) atoms. The quantitative estimate of drug-likeness (QED) is 0.765. The third-order valence-electron chi connectivity index (χ3n) is 6.89. The Balaban J connectivity index is 1.24. The minimum absolute atomic E-state index is 0.0336. The van der Waals surface area contributed by atoms with Gasteiger partial charge in [-0.05, 0) is 86.3 Å². The molecule has 146 valence electrons. The van der Waals surface area contributed by atoms with Crippen LogP contribution in [-0.2, 0) is 9.59 Å². The molecule has 2 amide bonds. The highest BCUT2D eigenvalue weighted by atomic mass is 35.5. The minimum Gasteiger partial charge on any atom is -0.348 e. The first-order valence-corrected chi connectivity index (χ1v) is 10.6. The van der Waals surface area contributed by atoms with Crippen molar-refractivity contribution in [2.24, 2.45) is 23.2 Å². The summed E-state index contributed by atoms with van der Waals surface area (Å²) in [5.41, 5.74) is 1.21. The van der Waals surface area contributed by atoms with Gasteiger partial charge in [-0.2, -0.15) is 0 Å². The zero-order valence-corrected chi connectivity index (χ0v) is 16.7. The summed E-state index contributed by atoms with van der Waals surface area (Å²) in [4.78, 5) is 24.7. The second-order valence-corrected chi connectivity index (χ2v) is 9.65. The van der Waals surface area contributed by atoms with Crippen LogP contribution in [0.2, 0.25) is 5.02 Å². The molecule has 0 saturated heterocycles. The maximum atomic E-state index is 12.5. The summed E-state index contributed by atoms with van der Waals surface area (Å²) in [6.45, 7) is 1.97. The molecule has 4 fully saturated rings. The van der Waals surface area contributed by atoms with E-state index >= 15 is 0 Å². The van der Waals surface area contributed by atoms with Gasteiger partial charge in [-0.1, -0.05) is 23.7 Å². The normalized spacial score (nSPS) is 32.1. The van der Waals surface area contributed by atoms with Gasteiger partial charge in [0, 0.05) is 11.4 Å². The van der Waals surface area contributed by atoms with Crippen LogP contribution in [0.5, 0.6) is 0 Å². The van der Waals surface area contributed by atoms with Crippen LogP contribution >= 0.6 is 11.6 Å². The highest BCUT2D eigenvalue weighted by molar-refractivity contribution is 6.30. The molecule has 0 heterocycles. The number of hydrogen-bond donors (Lipinski definition) is 2. The fraction of sp³-hybridized carbons (Fsp3) is 0.636. The van der Waals surface area contributed by atoms with Gasteiger partial charge < -0.3 is 10.6 Å². The third kappa shape index (κ3) is 4.31. The number of amides is 2. The van der Waals surface area contributed by atoms with E-state index in [9.17, 15) is 9.59 Å². The molecule has 1 aromatic rings. The molecule has 4 bridgehead atoms. The summed E-state index contributed by atoms with van der Waals surface area (Å²) in [6, 6.07) is 7.31. The summed E-state index contributed by atoms with van der Waals surface area (Å²) in [6.07, 6.45) is 8.38. The van der Waals surface area contributed by atoms with Crippen molar-refractivity contribution in [1.82, 2.24) is 10.6 Å². The summed E-state index contributed by atoms with van der Waals surface area (Å²) < 4.78 is 0. The number of hydrogen-bond acceptors (Lipinski definition) is 2. The van der Waals surface area contributed by atoms with Crippen molar-refractivity contribution in [2.75, 3.05) is 6.54 Å². The van der Waals surface area contributed by atoms with Crippen molar-refractivity contribution in [2.45, 2.75) is 57.9 Å². The van der Waals surface area contributed by atoms with E-state index < -0.39 is 0 Å². The molecular formula is C22H29ClN2O2. The highest BCUT2D eigenvalue weighted by Gasteiger charge is 2.51. The van der Waals surface area contributed by atoms with E-state index in [4.69, 9.17) is 11.6 Å². The molecule has 1 aromatic carbocycles. The zero-order chi connectivity index (χ0) is 19.0. The second kappa shape index (κ2) is 7.46. The Kier molecular flexibility index (Phi) is 5.19. The van der Waals surface area contributed by atoms with Crippen molar-refractivity contribution < 1.29 is 9.59 Å². The Morgan fingerprint density at radius 2 is 1.59 bits per heavy atom. The summed E-state index contributed by atoms with van der Waals surface area (Å²) >= 11 is 5.90. The number of benzene rings is 1. The number of rotatable bonds is 6. The SMILES string of the molecule is C[C@@H](NC(=O)CNC(=O)CC12CC3CC(CC(C3)C1)C2)c1ccc(Cl)cc1. The van der Waals surface area contributed by atoms with Crippen molar-refractivity contribution in [3.05, 3.63) is 34.9 Å². The minimum atomic E-state index is -0.156. The lowest BCUT2D eigenvalue weighted by molar-refractivity contribution is -0.132. The van der Waals surface area contributed by atoms with E-state index in [1.807, 2.05) is 31.2 Å². The first-order chi connectivity index (χ1) is 12.9. The van der Waals surface area contributed by atoms with Gasteiger partial charge in [0.05, 0.1) is 12.6 Å². The van der Waals surface area contributed by atoms with Crippen LogP contribution in [0.15, 0.2) is 24.3 Å². The maximum Gasteiger partial charge on any atom is 0.239 e. The molecule has 0 radical (unpaired) electrons. The molecule has 5 heteroatoms. The molecule has 2 N–H and O–H groups in total. The molecular weight excluding hydrogens is 360 g/mol. The van der Waals surface area contributed by atoms with Crippen molar-refractivity contribution in [1.29, 1.82) is 0 Å². The number of nitrogens with one attached hydrogen (secondary N) is 2. The first kappa shape index (κ1) is 18.8. The average molecular weight is 389 g/mol. The number of carbonyl (C=O) groups excluding carboxylic acids is 2. The van der Waals surface area contributed by atoms with Crippen LogP contribution in [0.4, 0.5) is 0 Å². The van der Waals surface area contributed by atoms with Crippen molar-refractivity contribution in [3.8, 4) is 0 Å². The molecule has 5 rings (SSSR count). The molecule has 0 aromatic heterocycles. The second-order valence-electron chi connectivity index (χ2n) is 9.21. The van der Waals surface area contributed by atoms with Crippen LogP contribution < -0.4 is 10.6 Å². The first-order valence-electron chi connectivity index (χ1n) is 10.2. The van der Waals surface area contributed by atoms with E-state index in [2.05, 4.69) is 10.6 Å². The van der Waals surface area contributed by atoms with Gasteiger partial charge in [0.15, 0.2) is 0 Å². The summed E-state index contributed by atoms with van der Waals surface area (Å²) in [5.74, 6) is 2.40. The molecule has 0 spiro atoms. The van der Waals surface area contributed by atoms with Crippen LogP contribution in [-0.4, -0.2) is 18.4 Å². The average Bonchev–Trinajstić information content (AvgIpc) is 2.59. The smallest absolute Gasteiger partial charge is 0.239 e. The van der Waals surface area contributed by atoms with Crippen LogP contribution in [0, 0.1) is 23.2 Å². The van der Waals surface area contributed by atoms with Gasteiger partial charge in [0.2, 0.25) is 11.8 Å². The Bertz CT molecular complexity index is 680. The molecule has 4 aliphatic carbocycles. The maximum absolute atomic E-state index is 12.5. The summed E-state index contributed by atoms with van der Waals surface area (Å²) in [5, 5.41) is 6.46. The molecule has 1 atom stereocenters. The van der Waals surface area contributed by atoms with Gasteiger partial charge in [-0.3, -0.25) is 9.59 Å². The Labute approximate surface area is 166 Å². The fourth-order valence-electron chi connectivity index (χ4n) is 6.22. The lowest BCUT2D eigenvalue weighted by Crippen LogP contribution is -2.48. The fourth-order valence-corrected chi connectivity index (χ4v) is 6.34. The molecule has 4 saturated carbocycles. The lowest BCUT2D eigenvalue weighted by atomic mass is 9.49. The van der Waals surface area contributed by atoms with Gasteiger partial charge in [-0.25, -0.2) is 0 Å². The van der Waals surface area contributed by atoms with E-state index in [-0.39, 0.29) is 29.8 Å². The third-order valence-corrected chi connectivity index (χ3v) is 7.15. The van der Waals surface area contributed by atoms with E-state index in [1.165, 1.54) is 38.5 Å². The van der Waals surface area contributed by atoms with Gasteiger partial charge in [-0.15, -0.1) is 0 Å². The largest absolute Gasteiger partial charge is 0.348 e. The zero-order valence-electron chi connectivity index (χ0n) is 16.0. The highest BCUT2D eigenvalue weighted by Crippen LogP contribution is 2.61. The molecule has 0 unspecified atom stereocenters. The van der Waals surface area contributed by atoms with Crippen LogP contribution in [0.3, 0.4) is 0 Å². The Hall–Kier alpha value is -1.55. The van der Waals surface area contributed by atoms with Crippen molar-refractivity contribution in [3.63, 3.8) is 0 Å². The van der Waals surface area contributed by atoms with E-state index in [0.717, 1.165) is 23.3 Å². The standard InChI is InChI=1S/C22H29ClN2O2/c1-14(18-2-4-19(23)5-3-18)25-21(27)13-24-20(26)12-22-9-15-6-16(10-22)8-17(7-15)11-22/h2-5,14-17H,6-13H2,1H3,(H,24,26)(H,25,27)/t14-,15?,16?,17?,22?/m1/s1. The summed E-state index contributed by atoms with van der Waals surface area (Å²) in [7, 11) is 0. The van der Waals surface area contributed by atoms with Crippen LogP contribution in [0.25, 0.3) is 0 Å². The topological polar surface area (TPSA) is 58.2 Å².